The average Bonchev–Trinajstić information content (AvgIpc) is 2.52. The third-order valence-corrected chi connectivity index (χ3v) is 3.69. The van der Waals surface area contributed by atoms with Crippen molar-refractivity contribution in [1.29, 1.82) is 5.26 Å². The van der Waals surface area contributed by atoms with Gasteiger partial charge in [-0.05, 0) is 19.8 Å². The van der Waals surface area contributed by atoms with E-state index in [1.165, 1.54) is 11.3 Å². The van der Waals surface area contributed by atoms with Gasteiger partial charge in [0, 0.05) is 18.0 Å². The van der Waals surface area contributed by atoms with Gasteiger partial charge < -0.3 is 10.6 Å². The van der Waals surface area contributed by atoms with Gasteiger partial charge >= 0.3 is 0 Å². The molecule has 0 unspecified atom stereocenters. The van der Waals surface area contributed by atoms with Crippen LogP contribution in [0.1, 0.15) is 23.8 Å². The molecule has 0 spiro atoms. The van der Waals surface area contributed by atoms with E-state index in [-0.39, 0.29) is 0 Å². The second-order valence-corrected chi connectivity index (χ2v) is 4.54. The number of aryl methyl sites for hydroxylation is 1. The maximum Gasteiger partial charge on any atom is 0.110 e. The molecule has 2 N–H and O–H groups in total. The molecule has 74 valence electrons. The number of nitrogen functional groups attached to an aromatic ring is 1. The molecule has 1 aromatic rings. The molecule has 0 atom stereocenters. The van der Waals surface area contributed by atoms with Gasteiger partial charge in [0.05, 0.1) is 5.69 Å². The number of nitriles is 1. The van der Waals surface area contributed by atoms with Crippen LogP contribution in [-0.4, -0.2) is 13.1 Å². The number of hydrogen-bond acceptors (Lipinski definition) is 4. The second kappa shape index (κ2) is 3.50. The zero-order valence-electron chi connectivity index (χ0n) is 8.21. The highest BCUT2D eigenvalue weighted by Crippen LogP contribution is 2.40. The first-order chi connectivity index (χ1) is 6.77. The van der Waals surface area contributed by atoms with Crippen LogP contribution in [0.25, 0.3) is 0 Å². The Morgan fingerprint density at radius 1 is 1.64 bits per heavy atom. The molecule has 0 aromatic carbocycles. The molecule has 0 aliphatic carbocycles. The van der Waals surface area contributed by atoms with Gasteiger partial charge in [-0.1, -0.05) is 0 Å². The van der Waals surface area contributed by atoms with Crippen LogP contribution < -0.4 is 10.6 Å². The lowest BCUT2D eigenvalue weighted by atomic mass is 10.1. The Kier molecular flexibility index (Phi) is 2.34. The molecular formula is C10H13N3S. The van der Waals surface area contributed by atoms with E-state index in [1.807, 2.05) is 0 Å². The molecule has 0 bridgehead atoms. The van der Waals surface area contributed by atoms with E-state index in [1.54, 1.807) is 11.3 Å². The molecule has 2 rings (SSSR count). The maximum absolute atomic E-state index is 9.03. The Morgan fingerprint density at radius 2 is 2.43 bits per heavy atom. The van der Waals surface area contributed by atoms with Crippen molar-refractivity contribution in [3.8, 4) is 6.07 Å². The first-order valence-corrected chi connectivity index (χ1v) is 5.65. The van der Waals surface area contributed by atoms with E-state index in [2.05, 4.69) is 17.9 Å². The molecule has 0 saturated carbocycles. The highest BCUT2D eigenvalue weighted by Gasteiger charge is 2.23. The van der Waals surface area contributed by atoms with Crippen LogP contribution in [0.3, 0.4) is 0 Å². The predicted octanol–water partition coefficient (Wildman–Crippen LogP) is 1.97. The lowest BCUT2D eigenvalue weighted by Crippen LogP contribution is -2.28. The minimum atomic E-state index is 0.679. The van der Waals surface area contributed by atoms with E-state index < -0.39 is 0 Å². The first-order valence-electron chi connectivity index (χ1n) is 4.84. The molecule has 3 nitrogen and oxygen atoms in total. The normalized spacial score (nSPS) is 15.0. The lowest BCUT2D eigenvalue weighted by Gasteiger charge is -2.27. The quantitative estimate of drug-likeness (QED) is 0.766. The van der Waals surface area contributed by atoms with E-state index in [9.17, 15) is 0 Å². The summed E-state index contributed by atoms with van der Waals surface area (Å²) in [5, 5.41) is 9.71. The number of hydrogen-bond donors (Lipinski definition) is 1. The van der Waals surface area contributed by atoms with E-state index in [4.69, 9.17) is 11.0 Å². The topological polar surface area (TPSA) is 53.0 Å². The first kappa shape index (κ1) is 9.35. The van der Waals surface area contributed by atoms with Crippen molar-refractivity contribution in [3.63, 3.8) is 0 Å². The Morgan fingerprint density at radius 3 is 3.07 bits per heavy atom. The van der Waals surface area contributed by atoms with Crippen LogP contribution >= 0.6 is 11.3 Å². The highest BCUT2D eigenvalue weighted by atomic mass is 32.1. The van der Waals surface area contributed by atoms with Gasteiger partial charge in [0.1, 0.15) is 16.6 Å². The Bertz CT molecular complexity index is 389. The zero-order chi connectivity index (χ0) is 10.1. The molecule has 4 heteroatoms. The third kappa shape index (κ3) is 1.25. The average molecular weight is 207 g/mol. The molecular weight excluding hydrogens is 194 g/mol. The Labute approximate surface area is 87.7 Å². The van der Waals surface area contributed by atoms with E-state index in [0.717, 1.165) is 25.2 Å². The highest BCUT2D eigenvalue weighted by molar-refractivity contribution is 7.16. The summed E-state index contributed by atoms with van der Waals surface area (Å²) in [5.41, 5.74) is 7.61. The summed E-state index contributed by atoms with van der Waals surface area (Å²) in [6.07, 6.45) is 2.24. The number of rotatable bonds is 1. The van der Waals surface area contributed by atoms with Gasteiger partial charge in [-0.25, -0.2) is 0 Å². The fraction of sp³-hybridized carbons (Fsp3) is 0.500. The van der Waals surface area contributed by atoms with Gasteiger partial charge in [-0.15, -0.1) is 11.3 Å². The van der Waals surface area contributed by atoms with Crippen molar-refractivity contribution in [2.45, 2.75) is 19.8 Å². The van der Waals surface area contributed by atoms with Crippen LogP contribution in [0, 0.1) is 11.3 Å². The van der Waals surface area contributed by atoms with Crippen LogP contribution in [0.4, 0.5) is 10.7 Å². The maximum atomic E-state index is 9.03. The SMILES string of the molecule is CCN1CCCc2sc(N)c(C#N)c21. The van der Waals surface area contributed by atoms with Crippen molar-refractivity contribution in [2.75, 3.05) is 23.7 Å². The van der Waals surface area contributed by atoms with Crippen LogP contribution in [0.2, 0.25) is 0 Å². The molecule has 0 radical (unpaired) electrons. The van der Waals surface area contributed by atoms with E-state index in [0.29, 0.717) is 10.6 Å². The van der Waals surface area contributed by atoms with Gasteiger partial charge in [-0.3, -0.25) is 0 Å². The molecule has 14 heavy (non-hydrogen) atoms. The smallest absolute Gasteiger partial charge is 0.110 e. The van der Waals surface area contributed by atoms with Crippen molar-refractivity contribution in [1.82, 2.24) is 0 Å². The van der Waals surface area contributed by atoms with Gasteiger partial charge in [0.2, 0.25) is 0 Å². The summed E-state index contributed by atoms with van der Waals surface area (Å²) >= 11 is 1.57. The molecule has 1 aliphatic rings. The molecule has 2 heterocycles. The summed E-state index contributed by atoms with van der Waals surface area (Å²) < 4.78 is 0. The van der Waals surface area contributed by atoms with E-state index >= 15 is 0 Å². The van der Waals surface area contributed by atoms with Gasteiger partial charge in [0.15, 0.2) is 0 Å². The number of thiophene rings is 1. The van der Waals surface area contributed by atoms with Gasteiger partial charge in [0.25, 0.3) is 0 Å². The monoisotopic (exact) mass is 207 g/mol. The molecule has 0 fully saturated rings. The Hall–Kier alpha value is -1.21. The van der Waals surface area contributed by atoms with Crippen molar-refractivity contribution < 1.29 is 0 Å². The summed E-state index contributed by atoms with van der Waals surface area (Å²) in [4.78, 5) is 3.54. The second-order valence-electron chi connectivity index (χ2n) is 3.41. The summed E-state index contributed by atoms with van der Waals surface area (Å²) in [5.74, 6) is 0. The number of nitrogens with two attached hydrogens (primary N) is 1. The molecule has 1 aromatic heterocycles. The minimum absolute atomic E-state index is 0.679. The van der Waals surface area contributed by atoms with Gasteiger partial charge in [-0.2, -0.15) is 5.26 Å². The number of nitrogens with zero attached hydrogens (tertiary/aromatic N) is 2. The summed E-state index contributed by atoms with van der Waals surface area (Å²) in [7, 11) is 0. The van der Waals surface area contributed by atoms with Crippen molar-refractivity contribution in [2.24, 2.45) is 0 Å². The van der Waals surface area contributed by atoms with Crippen LogP contribution in [-0.2, 0) is 6.42 Å². The Balaban J connectivity index is 2.54. The summed E-state index contributed by atoms with van der Waals surface area (Å²) in [6, 6.07) is 2.21. The summed E-state index contributed by atoms with van der Waals surface area (Å²) in [6.45, 7) is 4.12. The van der Waals surface area contributed by atoms with Crippen LogP contribution in [0.5, 0.6) is 0 Å². The molecule has 1 aliphatic heterocycles. The fourth-order valence-corrected chi connectivity index (χ4v) is 3.04. The largest absolute Gasteiger partial charge is 0.389 e. The fourth-order valence-electron chi connectivity index (χ4n) is 1.96. The number of anilines is 2. The zero-order valence-corrected chi connectivity index (χ0v) is 9.02. The predicted molar refractivity (Wildman–Crippen MR) is 59.7 cm³/mol. The molecule has 0 saturated heterocycles. The standard InChI is InChI=1S/C10H13N3S/c1-2-13-5-3-4-8-9(13)7(6-11)10(12)14-8/h2-5,12H2,1H3. The van der Waals surface area contributed by atoms with Crippen LogP contribution in [0.15, 0.2) is 0 Å². The number of fused-ring (bicyclic) bond motifs is 1. The van der Waals surface area contributed by atoms with Crippen molar-refractivity contribution >= 4 is 22.0 Å². The van der Waals surface area contributed by atoms with Crippen molar-refractivity contribution in [3.05, 3.63) is 10.4 Å². The molecule has 0 amide bonds. The lowest BCUT2D eigenvalue weighted by molar-refractivity contribution is 0.716. The minimum Gasteiger partial charge on any atom is -0.389 e. The third-order valence-electron chi connectivity index (χ3n) is 2.62.